The molecule has 194 valence electrons. The first-order chi connectivity index (χ1) is 16.1. The zero-order valence-electron chi connectivity index (χ0n) is 22.1. The minimum absolute atomic E-state index is 0.250. The number of carboxylic acid groups (broad SMARTS) is 1. The Morgan fingerprint density at radius 3 is 2.50 bits per heavy atom. The van der Waals surface area contributed by atoms with Gasteiger partial charge < -0.3 is 19.8 Å². The lowest BCUT2D eigenvalue weighted by Gasteiger charge is -2.59. The number of aliphatic hydroxyl groups is 1. The zero-order chi connectivity index (χ0) is 24.6. The molecule has 1 aliphatic heterocycles. The monoisotopic (exact) mass is 475 g/mol. The molecule has 0 bridgehead atoms. The third-order valence-corrected chi connectivity index (χ3v) is 10.9. The van der Waals surface area contributed by atoms with E-state index in [1.165, 1.54) is 77.3 Å². The molecule has 0 aromatic carbocycles. The second kappa shape index (κ2) is 10.2. The van der Waals surface area contributed by atoms with Crippen LogP contribution in [0.1, 0.15) is 91.9 Å². The summed E-state index contributed by atoms with van der Waals surface area (Å²) in [4.78, 5) is 10.9. The summed E-state index contributed by atoms with van der Waals surface area (Å²) in [5.74, 6) is 2.93. The van der Waals surface area contributed by atoms with Gasteiger partial charge in [0.2, 0.25) is 0 Å². The molecule has 0 radical (unpaired) electrons. The summed E-state index contributed by atoms with van der Waals surface area (Å²) in [5.41, 5.74) is 1.91. The Balaban J connectivity index is 0.000000868. The predicted octanol–water partition coefficient (Wildman–Crippen LogP) is 5.52. The van der Waals surface area contributed by atoms with Gasteiger partial charge >= 0.3 is 0 Å². The van der Waals surface area contributed by atoms with Crippen LogP contribution in [-0.4, -0.2) is 59.5 Å². The number of rotatable bonds is 5. The van der Waals surface area contributed by atoms with Gasteiger partial charge in [0.15, 0.2) is 0 Å². The van der Waals surface area contributed by atoms with Gasteiger partial charge in [-0.3, -0.25) is 4.79 Å². The summed E-state index contributed by atoms with van der Waals surface area (Å²) in [5, 5.41) is 17.8. The van der Waals surface area contributed by atoms with Crippen LogP contribution in [0.25, 0.3) is 0 Å². The minimum atomic E-state index is -0.541. The molecule has 34 heavy (non-hydrogen) atoms. The van der Waals surface area contributed by atoms with Crippen molar-refractivity contribution in [2.24, 2.45) is 34.5 Å². The highest BCUT2D eigenvalue weighted by atomic mass is 16.5. The van der Waals surface area contributed by atoms with Gasteiger partial charge in [0.05, 0.1) is 18.3 Å². The van der Waals surface area contributed by atoms with E-state index in [-0.39, 0.29) is 6.47 Å². The number of carbonyl (C=O) groups is 1. The van der Waals surface area contributed by atoms with Crippen LogP contribution >= 0.6 is 0 Å². The summed E-state index contributed by atoms with van der Waals surface area (Å²) in [6.07, 6.45) is 16.0. The SMILES string of the molecule is CC(C)(O)[C@H]1CC[C@H]2[C@@H]3CC=C4C[C@@H](OCCN5CCCC5)CC[C@]4(C)[C@H]3CC[C@]12C.O=CO. The lowest BCUT2D eigenvalue weighted by molar-refractivity contribution is -0.122. The van der Waals surface area contributed by atoms with Gasteiger partial charge in [0.25, 0.3) is 6.47 Å². The maximum absolute atomic E-state index is 10.9. The highest BCUT2D eigenvalue weighted by Gasteiger charge is 2.60. The van der Waals surface area contributed by atoms with Crippen LogP contribution in [0.2, 0.25) is 0 Å². The van der Waals surface area contributed by atoms with E-state index in [0.29, 0.717) is 22.9 Å². The van der Waals surface area contributed by atoms with Crippen LogP contribution in [0.5, 0.6) is 0 Å². The lowest BCUT2D eigenvalue weighted by Crippen LogP contribution is -2.52. The van der Waals surface area contributed by atoms with Crippen molar-refractivity contribution in [3.8, 4) is 0 Å². The standard InChI is InChI=1S/C28H47NO2.CH2O2/c1-26(2,30)25-10-9-23-22-8-7-20-19-21(31-18-17-29-15-5-6-16-29)11-13-27(20,3)24(22)12-14-28(23,25)4;2-1-3/h7,21-25,30H,5-6,8-19H2,1-4H3;1H,(H,2,3)/t21-,22-,23-,24-,25+,27-,28-;/m0./s1. The van der Waals surface area contributed by atoms with Gasteiger partial charge in [-0.05, 0) is 126 Å². The molecule has 0 amide bonds. The molecule has 1 saturated heterocycles. The van der Waals surface area contributed by atoms with E-state index in [9.17, 15) is 5.11 Å². The maximum atomic E-state index is 10.9. The molecular weight excluding hydrogens is 426 g/mol. The van der Waals surface area contributed by atoms with Gasteiger partial charge in [0, 0.05) is 6.54 Å². The van der Waals surface area contributed by atoms with Crippen molar-refractivity contribution in [1.29, 1.82) is 0 Å². The summed E-state index contributed by atoms with van der Waals surface area (Å²) >= 11 is 0. The molecule has 3 saturated carbocycles. The predicted molar refractivity (Wildman–Crippen MR) is 136 cm³/mol. The number of ether oxygens (including phenoxy) is 1. The fraction of sp³-hybridized carbons (Fsp3) is 0.897. The lowest BCUT2D eigenvalue weighted by atomic mass is 9.47. The molecule has 7 atom stereocenters. The molecule has 1 heterocycles. The van der Waals surface area contributed by atoms with Crippen LogP contribution in [0.15, 0.2) is 11.6 Å². The van der Waals surface area contributed by atoms with Crippen molar-refractivity contribution < 1.29 is 19.7 Å². The minimum Gasteiger partial charge on any atom is -0.483 e. The van der Waals surface area contributed by atoms with E-state index in [2.05, 4.69) is 38.7 Å². The average molecular weight is 476 g/mol. The third-order valence-electron chi connectivity index (χ3n) is 10.9. The van der Waals surface area contributed by atoms with E-state index in [1.54, 1.807) is 5.57 Å². The van der Waals surface area contributed by atoms with E-state index >= 15 is 0 Å². The number of nitrogens with zero attached hydrogens (tertiary/aromatic N) is 1. The fourth-order valence-electron chi connectivity index (χ4n) is 9.28. The first kappa shape index (κ1) is 26.2. The summed E-state index contributed by atoms with van der Waals surface area (Å²) in [6, 6.07) is 0. The quantitative estimate of drug-likeness (QED) is 0.405. The van der Waals surface area contributed by atoms with E-state index in [4.69, 9.17) is 14.6 Å². The zero-order valence-corrected chi connectivity index (χ0v) is 22.1. The van der Waals surface area contributed by atoms with Crippen molar-refractivity contribution in [2.45, 2.75) is 104 Å². The number of allylic oxidation sites excluding steroid dienone is 1. The van der Waals surface area contributed by atoms with Gasteiger partial charge in [0.1, 0.15) is 0 Å². The first-order valence-electron chi connectivity index (χ1n) is 14.0. The molecule has 5 nitrogen and oxygen atoms in total. The Morgan fingerprint density at radius 1 is 1.12 bits per heavy atom. The fourth-order valence-corrected chi connectivity index (χ4v) is 9.28. The highest BCUT2D eigenvalue weighted by Crippen LogP contribution is 2.67. The number of fused-ring (bicyclic) bond motifs is 5. The Morgan fingerprint density at radius 2 is 1.82 bits per heavy atom. The number of hydrogen-bond acceptors (Lipinski definition) is 4. The molecule has 0 spiro atoms. The molecule has 4 fully saturated rings. The Labute approximate surface area is 207 Å². The first-order valence-corrected chi connectivity index (χ1v) is 14.0. The van der Waals surface area contributed by atoms with E-state index in [1.807, 2.05) is 0 Å². The van der Waals surface area contributed by atoms with Crippen LogP contribution in [0.4, 0.5) is 0 Å². The van der Waals surface area contributed by atoms with Crippen LogP contribution in [-0.2, 0) is 9.53 Å². The van der Waals surface area contributed by atoms with Crippen LogP contribution in [0.3, 0.4) is 0 Å². The maximum Gasteiger partial charge on any atom is 0.290 e. The molecule has 4 aliphatic carbocycles. The van der Waals surface area contributed by atoms with Crippen molar-refractivity contribution >= 4 is 6.47 Å². The van der Waals surface area contributed by atoms with E-state index < -0.39 is 5.60 Å². The van der Waals surface area contributed by atoms with Gasteiger partial charge in [-0.15, -0.1) is 0 Å². The molecule has 5 rings (SSSR count). The Kier molecular flexibility index (Phi) is 7.86. The molecule has 0 unspecified atom stereocenters. The Bertz CT molecular complexity index is 739. The molecule has 2 N–H and O–H groups in total. The smallest absolute Gasteiger partial charge is 0.290 e. The highest BCUT2D eigenvalue weighted by molar-refractivity contribution is 5.32. The summed E-state index contributed by atoms with van der Waals surface area (Å²) < 4.78 is 6.40. The van der Waals surface area contributed by atoms with Gasteiger partial charge in [-0.25, -0.2) is 0 Å². The average Bonchev–Trinajstić information content (AvgIpc) is 3.41. The second-order valence-corrected chi connectivity index (χ2v) is 13.0. The van der Waals surface area contributed by atoms with Crippen molar-refractivity contribution in [1.82, 2.24) is 4.90 Å². The second-order valence-electron chi connectivity index (χ2n) is 13.0. The topological polar surface area (TPSA) is 70.0 Å². The number of likely N-dealkylation sites (tertiary alicyclic amines) is 1. The Hall–Kier alpha value is -0.910. The molecule has 5 heteroatoms. The van der Waals surface area contributed by atoms with Gasteiger partial charge in [-0.1, -0.05) is 25.5 Å². The van der Waals surface area contributed by atoms with Gasteiger partial charge in [-0.2, -0.15) is 0 Å². The van der Waals surface area contributed by atoms with E-state index in [0.717, 1.165) is 30.9 Å². The van der Waals surface area contributed by atoms with Crippen LogP contribution in [0, 0.1) is 34.5 Å². The molecule has 0 aromatic rings. The van der Waals surface area contributed by atoms with Crippen LogP contribution < -0.4 is 0 Å². The van der Waals surface area contributed by atoms with Crippen molar-refractivity contribution in [3.63, 3.8) is 0 Å². The van der Waals surface area contributed by atoms with Crippen molar-refractivity contribution in [3.05, 3.63) is 11.6 Å². The van der Waals surface area contributed by atoms with Crippen molar-refractivity contribution in [2.75, 3.05) is 26.2 Å². The molecule has 0 aromatic heterocycles. The largest absolute Gasteiger partial charge is 0.483 e. The normalized spacial score (nSPS) is 42.0. The third kappa shape index (κ3) is 4.86. The molecular formula is C29H49NO4. The summed E-state index contributed by atoms with van der Waals surface area (Å²) in [7, 11) is 0. The summed E-state index contributed by atoms with van der Waals surface area (Å²) in [6.45, 7) is 13.6. The number of hydrogen-bond donors (Lipinski definition) is 2. The molecule has 5 aliphatic rings.